The lowest BCUT2D eigenvalue weighted by molar-refractivity contribution is 0.102. The average Bonchev–Trinajstić information content (AvgIpc) is 3.10. The summed E-state index contributed by atoms with van der Waals surface area (Å²) in [6, 6.07) is 9.66. The van der Waals surface area contributed by atoms with Gasteiger partial charge in [-0.15, -0.1) is 10.2 Å². The molecule has 1 N–H and O–H groups in total. The first-order valence-electron chi connectivity index (χ1n) is 7.04. The van der Waals surface area contributed by atoms with E-state index in [2.05, 4.69) is 20.6 Å². The Labute approximate surface area is 130 Å². The Morgan fingerprint density at radius 1 is 1.23 bits per heavy atom. The molecule has 3 aromatic rings. The van der Waals surface area contributed by atoms with E-state index in [1.54, 1.807) is 17.1 Å². The zero-order valence-corrected chi connectivity index (χ0v) is 12.5. The first-order chi connectivity index (χ1) is 10.8. The van der Waals surface area contributed by atoms with Crippen molar-refractivity contribution in [3.63, 3.8) is 0 Å². The zero-order valence-electron chi connectivity index (χ0n) is 11.6. The maximum absolute atomic E-state index is 12.2. The van der Waals surface area contributed by atoms with Gasteiger partial charge in [0.15, 0.2) is 0 Å². The fraction of sp³-hybridized carbons (Fsp3) is 0.200. The monoisotopic (exact) mass is 311 g/mol. The molecule has 1 saturated carbocycles. The number of carbonyl (C=O) groups excluding carboxylic acids is 1. The number of nitrogens with zero attached hydrogens (tertiary/aromatic N) is 4. The number of anilines is 1. The minimum Gasteiger partial charge on any atom is -0.296 e. The Hall–Kier alpha value is -2.54. The summed E-state index contributed by atoms with van der Waals surface area (Å²) >= 11 is 1.45. The van der Waals surface area contributed by atoms with Gasteiger partial charge in [-0.05, 0) is 25.0 Å². The van der Waals surface area contributed by atoms with Crippen molar-refractivity contribution in [1.29, 1.82) is 0 Å². The quantitative estimate of drug-likeness (QED) is 0.804. The van der Waals surface area contributed by atoms with Gasteiger partial charge in [-0.2, -0.15) is 5.10 Å². The molecule has 0 unspecified atom stereocenters. The van der Waals surface area contributed by atoms with Gasteiger partial charge in [0, 0.05) is 12.1 Å². The number of benzene rings is 1. The Morgan fingerprint density at radius 2 is 2.05 bits per heavy atom. The van der Waals surface area contributed by atoms with Crippen LogP contribution in [0.25, 0.3) is 5.69 Å². The lowest BCUT2D eigenvalue weighted by Gasteiger charge is -1.99. The summed E-state index contributed by atoms with van der Waals surface area (Å²) in [5.41, 5.74) is 1.40. The van der Waals surface area contributed by atoms with Crippen molar-refractivity contribution in [1.82, 2.24) is 20.0 Å². The molecule has 110 valence electrons. The number of para-hydroxylation sites is 1. The minimum absolute atomic E-state index is 0.222. The third kappa shape index (κ3) is 2.62. The van der Waals surface area contributed by atoms with Gasteiger partial charge in [-0.1, -0.05) is 29.5 Å². The molecule has 0 bridgehead atoms. The highest BCUT2D eigenvalue weighted by Gasteiger charge is 2.27. The van der Waals surface area contributed by atoms with Gasteiger partial charge >= 0.3 is 0 Å². The SMILES string of the molecule is O=C(Nc1nnc(C2CC2)s1)c1cnn(-c2ccccc2)c1. The molecule has 2 aromatic heterocycles. The molecule has 6 nitrogen and oxygen atoms in total. The third-order valence-electron chi connectivity index (χ3n) is 3.45. The fourth-order valence-electron chi connectivity index (χ4n) is 2.11. The number of hydrogen-bond acceptors (Lipinski definition) is 5. The van der Waals surface area contributed by atoms with Crippen LogP contribution in [0.15, 0.2) is 42.7 Å². The average molecular weight is 311 g/mol. The summed E-state index contributed by atoms with van der Waals surface area (Å²) in [6.45, 7) is 0. The fourth-order valence-corrected chi connectivity index (χ4v) is 3.02. The third-order valence-corrected chi connectivity index (χ3v) is 4.45. The van der Waals surface area contributed by atoms with E-state index in [-0.39, 0.29) is 5.91 Å². The molecule has 0 spiro atoms. The van der Waals surface area contributed by atoms with E-state index < -0.39 is 0 Å². The number of aromatic nitrogens is 4. The highest BCUT2D eigenvalue weighted by atomic mass is 32.1. The van der Waals surface area contributed by atoms with Crippen LogP contribution in [0.1, 0.15) is 34.1 Å². The molecule has 1 aliphatic carbocycles. The normalized spacial score (nSPS) is 14.0. The van der Waals surface area contributed by atoms with Crippen molar-refractivity contribution in [2.45, 2.75) is 18.8 Å². The van der Waals surface area contributed by atoms with Crippen LogP contribution in [0, 0.1) is 0 Å². The molecule has 1 aliphatic rings. The highest BCUT2D eigenvalue weighted by molar-refractivity contribution is 7.15. The molecule has 22 heavy (non-hydrogen) atoms. The van der Waals surface area contributed by atoms with E-state index in [1.807, 2.05) is 30.3 Å². The van der Waals surface area contributed by atoms with Crippen LogP contribution in [0.2, 0.25) is 0 Å². The summed E-state index contributed by atoms with van der Waals surface area (Å²) in [5.74, 6) is 0.324. The van der Waals surface area contributed by atoms with Crippen LogP contribution in [0.3, 0.4) is 0 Å². The lowest BCUT2D eigenvalue weighted by atomic mass is 10.3. The van der Waals surface area contributed by atoms with E-state index in [9.17, 15) is 4.79 Å². The topological polar surface area (TPSA) is 72.7 Å². The van der Waals surface area contributed by atoms with Crippen LogP contribution in [-0.2, 0) is 0 Å². The summed E-state index contributed by atoms with van der Waals surface area (Å²) in [5, 5.41) is 16.7. The van der Waals surface area contributed by atoms with Crippen LogP contribution in [-0.4, -0.2) is 25.9 Å². The molecule has 1 amide bonds. The molecular formula is C15H13N5OS. The van der Waals surface area contributed by atoms with Gasteiger partial charge in [0.05, 0.1) is 17.4 Å². The first kappa shape index (κ1) is 13.1. The van der Waals surface area contributed by atoms with Gasteiger partial charge in [0.25, 0.3) is 5.91 Å². The number of rotatable bonds is 4. The second-order valence-corrected chi connectivity index (χ2v) is 6.19. The molecule has 0 atom stereocenters. The van der Waals surface area contributed by atoms with Crippen LogP contribution in [0.5, 0.6) is 0 Å². The van der Waals surface area contributed by atoms with Crippen molar-refractivity contribution >= 4 is 22.4 Å². The maximum Gasteiger partial charge on any atom is 0.260 e. The Balaban J connectivity index is 1.49. The van der Waals surface area contributed by atoms with Gasteiger partial charge in [0.1, 0.15) is 5.01 Å². The van der Waals surface area contributed by atoms with E-state index in [4.69, 9.17) is 0 Å². The predicted octanol–water partition coefficient (Wildman–Crippen LogP) is 2.85. The highest BCUT2D eigenvalue weighted by Crippen LogP contribution is 2.42. The molecule has 4 rings (SSSR count). The van der Waals surface area contributed by atoms with Crippen LogP contribution < -0.4 is 5.32 Å². The van der Waals surface area contributed by atoms with E-state index >= 15 is 0 Å². The van der Waals surface area contributed by atoms with Crippen molar-refractivity contribution in [2.24, 2.45) is 0 Å². The van der Waals surface area contributed by atoms with Crippen molar-refractivity contribution in [3.05, 3.63) is 53.3 Å². The van der Waals surface area contributed by atoms with Crippen molar-refractivity contribution in [2.75, 3.05) is 5.32 Å². The zero-order chi connectivity index (χ0) is 14.9. The molecule has 0 radical (unpaired) electrons. The number of amides is 1. The molecule has 7 heteroatoms. The Morgan fingerprint density at radius 3 is 2.82 bits per heavy atom. The van der Waals surface area contributed by atoms with Crippen LogP contribution >= 0.6 is 11.3 Å². The summed E-state index contributed by atoms with van der Waals surface area (Å²) in [6.07, 6.45) is 5.59. The van der Waals surface area contributed by atoms with Gasteiger partial charge < -0.3 is 0 Å². The smallest absolute Gasteiger partial charge is 0.260 e. The second kappa shape index (κ2) is 5.34. The van der Waals surface area contributed by atoms with Crippen molar-refractivity contribution < 1.29 is 4.79 Å². The summed E-state index contributed by atoms with van der Waals surface area (Å²) < 4.78 is 1.67. The Bertz CT molecular complexity index is 806. The Kier molecular flexibility index (Phi) is 3.19. The maximum atomic E-state index is 12.2. The van der Waals surface area contributed by atoms with Gasteiger partial charge in [0.2, 0.25) is 5.13 Å². The van der Waals surface area contributed by atoms with Gasteiger partial charge in [-0.3, -0.25) is 10.1 Å². The number of hydrogen-bond donors (Lipinski definition) is 1. The van der Waals surface area contributed by atoms with Crippen molar-refractivity contribution in [3.8, 4) is 5.69 Å². The second-order valence-electron chi connectivity index (χ2n) is 5.18. The minimum atomic E-state index is -0.222. The number of carbonyl (C=O) groups is 1. The predicted molar refractivity (Wildman–Crippen MR) is 83.4 cm³/mol. The molecule has 1 fully saturated rings. The molecule has 0 aliphatic heterocycles. The summed E-state index contributed by atoms with van der Waals surface area (Å²) in [4.78, 5) is 12.2. The van der Waals surface area contributed by atoms with Crippen LogP contribution in [0.4, 0.5) is 5.13 Å². The largest absolute Gasteiger partial charge is 0.296 e. The van der Waals surface area contributed by atoms with E-state index in [0.717, 1.165) is 10.7 Å². The first-order valence-corrected chi connectivity index (χ1v) is 7.86. The standard InChI is InChI=1S/C15H13N5OS/c21-13(17-15-19-18-14(22-15)10-6-7-10)11-8-16-20(9-11)12-4-2-1-3-5-12/h1-5,8-10H,6-7H2,(H,17,19,21). The molecule has 1 aromatic carbocycles. The number of nitrogens with one attached hydrogen (secondary N) is 1. The molecule has 0 saturated heterocycles. The summed E-state index contributed by atoms with van der Waals surface area (Å²) in [7, 11) is 0. The lowest BCUT2D eigenvalue weighted by Crippen LogP contribution is -2.10. The molecular weight excluding hydrogens is 298 g/mol. The van der Waals surface area contributed by atoms with E-state index in [1.165, 1.54) is 24.2 Å². The van der Waals surface area contributed by atoms with E-state index in [0.29, 0.717) is 16.6 Å². The van der Waals surface area contributed by atoms with Gasteiger partial charge in [-0.25, -0.2) is 4.68 Å². The molecule has 2 heterocycles.